The van der Waals surface area contributed by atoms with Crippen molar-refractivity contribution in [1.29, 1.82) is 0 Å². The van der Waals surface area contributed by atoms with Crippen molar-refractivity contribution < 1.29 is 13.2 Å². The minimum Gasteiger partial charge on any atom is -0.398 e. The second-order valence-corrected chi connectivity index (χ2v) is 5.03. The monoisotopic (exact) mass is 372 g/mol. The number of hydrogen-bond donors (Lipinski definition) is 1. The molecule has 1 aromatic heterocycles. The molecule has 2 N–H and O–H groups in total. The first kappa shape index (κ1) is 12.7. The lowest BCUT2D eigenvalue weighted by molar-refractivity contribution is -0.140. The van der Waals surface area contributed by atoms with Crippen molar-refractivity contribution in [3.63, 3.8) is 0 Å². The molecule has 0 amide bonds. The first-order valence-electron chi connectivity index (χ1n) is 4.41. The van der Waals surface area contributed by atoms with Crippen molar-refractivity contribution in [2.24, 2.45) is 0 Å². The molecule has 0 bridgehead atoms. The summed E-state index contributed by atoms with van der Waals surface area (Å²) in [6.07, 6.45) is -4.53. The summed E-state index contributed by atoms with van der Waals surface area (Å²) in [7, 11) is 0. The maximum absolute atomic E-state index is 12.5. The molecule has 0 spiro atoms. The number of benzene rings is 1. The maximum Gasteiger partial charge on any atom is 0.433 e. The first-order chi connectivity index (χ1) is 7.79. The molecule has 2 aromatic rings. The Hall–Kier alpha value is -0.760. The number of nitrogen functional groups attached to an aromatic ring is 1. The summed E-state index contributed by atoms with van der Waals surface area (Å²) in [6.45, 7) is 0. The SMILES string of the molecule is Nc1cc(C(F)(F)F)nc2c(Cl)cc(I)cc12. The summed E-state index contributed by atoms with van der Waals surface area (Å²) < 4.78 is 38.4. The molecule has 17 heavy (non-hydrogen) atoms. The Balaban J connectivity index is 2.83. The Morgan fingerprint density at radius 3 is 2.47 bits per heavy atom. The van der Waals surface area contributed by atoms with Gasteiger partial charge in [-0.05, 0) is 40.8 Å². The third-order valence-electron chi connectivity index (χ3n) is 2.15. The van der Waals surface area contributed by atoms with Crippen LogP contribution in [0.2, 0.25) is 5.02 Å². The van der Waals surface area contributed by atoms with Crippen LogP contribution in [0.5, 0.6) is 0 Å². The molecule has 0 atom stereocenters. The highest BCUT2D eigenvalue weighted by Gasteiger charge is 2.33. The molecule has 0 fully saturated rings. The quantitative estimate of drug-likeness (QED) is 0.708. The van der Waals surface area contributed by atoms with Crippen molar-refractivity contribution in [2.45, 2.75) is 6.18 Å². The lowest BCUT2D eigenvalue weighted by Gasteiger charge is -2.10. The topological polar surface area (TPSA) is 38.9 Å². The molecule has 0 aliphatic carbocycles. The summed E-state index contributed by atoms with van der Waals surface area (Å²) in [4.78, 5) is 3.51. The zero-order chi connectivity index (χ0) is 12.8. The molecule has 2 nitrogen and oxygen atoms in total. The van der Waals surface area contributed by atoms with Gasteiger partial charge in [-0.1, -0.05) is 11.6 Å². The van der Waals surface area contributed by atoms with Crippen LogP contribution < -0.4 is 5.73 Å². The van der Waals surface area contributed by atoms with E-state index in [0.29, 0.717) is 5.39 Å². The highest BCUT2D eigenvalue weighted by molar-refractivity contribution is 14.1. The number of nitrogens with zero attached hydrogens (tertiary/aromatic N) is 1. The molecule has 0 saturated heterocycles. The number of rotatable bonds is 0. The van der Waals surface area contributed by atoms with Gasteiger partial charge in [0.05, 0.1) is 10.5 Å². The summed E-state index contributed by atoms with van der Waals surface area (Å²) in [5, 5.41) is 0.583. The molecule has 7 heteroatoms. The molecule has 2 rings (SSSR count). The van der Waals surface area contributed by atoms with Gasteiger partial charge in [0.1, 0.15) is 5.69 Å². The number of halogens is 5. The van der Waals surface area contributed by atoms with Gasteiger partial charge in [0.25, 0.3) is 0 Å². The van der Waals surface area contributed by atoms with Crippen LogP contribution in [0.25, 0.3) is 10.9 Å². The maximum atomic E-state index is 12.5. The summed E-state index contributed by atoms with van der Waals surface area (Å²) in [5.74, 6) is 0. The molecule has 0 saturated carbocycles. The third-order valence-corrected chi connectivity index (χ3v) is 3.07. The van der Waals surface area contributed by atoms with E-state index >= 15 is 0 Å². The second kappa shape index (κ2) is 4.16. The fourth-order valence-electron chi connectivity index (χ4n) is 1.42. The minimum atomic E-state index is -4.53. The van der Waals surface area contributed by atoms with Crippen LogP contribution in [0.1, 0.15) is 5.69 Å². The lowest BCUT2D eigenvalue weighted by atomic mass is 10.1. The lowest BCUT2D eigenvalue weighted by Crippen LogP contribution is -2.09. The van der Waals surface area contributed by atoms with Crippen molar-refractivity contribution >= 4 is 50.8 Å². The highest BCUT2D eigenvalue weighted by atomic mass is 127. The van der Waals surface area contributed by atoms with E-state index in [0.717, 1.165) is 9.64 Å². The standard InChI is InChI=1S/C10H5ClF3IN2/c11-6-2-4(15)1-5-7(16)3-8(10(12,13)14)17-9(5)6/h1-3H,(H2,16,17). The van der Waals surface area contributed by atoms with Crippen LogP contribution >= 0.6 is 34.2 Å². The van der Waals surface area contributed by atoms with Crippen LogP contribution in [0.15, 0.2) is 18.2 Å². The first-order valence-corrected chi connectivity index (χ1v) is 5.87. The second-order valence-electron chi connectivity index (χ2n) is 3.38. The van der Waals surface area contributed by atoms with Gasteiger partial charge in [-0.15, -0.1) is 0 Å². The number of alkyl halides is 3. The van der Waals surface area contributed by atoms with Crippen molar-refractivity contribution in [3.05, 3.63) is 32.5 Å². The smallest absolute Gasteiger partial charge is 0.398 e. The number of hydrogen-bond acceptors (Lipinski definition) is 2. The fourth-order valence-corrected chi connectivity index (χ4v) is 2.49. The van der Waals surface area contributed by atoms with Crippen LogP contribution in [-0.4, -0.2) is 4.98 Å². The molecule has 90 valence electrons. The Morgan fingerprint density at radius 1 is 1.24 bits per heavy atom. The van der Waals surface area contributed by atoms with E-state index in [1.807, 2.05) is 22.6 Å². The van der Waals surface area contributed by atoms with Crippen molar-refractivity contribution in [2.75, 3.05) is 5.73 Å². The van der Waals surface area contributed by atoms with E-state index in [1.54, 1.807) is 6.07 Å². The number of aromatic nitrogens is 1. The molecule has 0 unspecified atom stereocenters. The van der Waals surface area contributed by atoms with Crippen LogP contribution in [-0.2, 0) is 6.18 Å². The zero-order valence-electron chi connectivity index (χ0n) is 8.15. The molecule has 1 aromatic carbocycles. The molecule has 1 heterocycles. The van der Waals surface area contributed by atoms with E-state index < -0.39 is 11.9 Å². The van der Waals surface area contributed by atoms with E-state index in [4.69, 9.17) is 17.3 Å². The highest BCUT2D eigenvalue weighted by Crippen LogP contribution is 2.34. The molecule has 0 radical (unpaired) electrons. The number of anilines is 1. The molecule has 0 aliphatic rings. The summed E-state index contributed by atoms with van der Waals surface area (Å²) in [6, 6.07) is 4.00. The normalized spacial score (nSPS) is 12.1. The van der Waals surface area contributed by atoms with Gasteiger partial charge in [0, 0.05) is 14.6 Å². The van der Waals surface area contributed by atoms with Gasteiger partial charge in [0.15, 0.2) is 0 Å². The average molecular weight is 373 g/mol. The number of nitrogens with two attached hydrogens (primary N) is 1. The zero-order valence-corrected chi connectivity index (χ0v) is 11.1. The van der Waals surface area contributed by atoms with Crippen molar-refractivity contribution in [1.82, 2.24) is 4.98 Å². The van der Waals surface area contributed by atoms with Gasteiger partial charge in [-0.25, -0.2) is 4.98 Å². The van der Waals surface area contributed by atoms with Gasteiger partial charge >= 0.3 is 6.18 Å². The third kappa shape index (κ3) is 2.42. The fraction of sp³-hybridized carbons (Fsp3) is 0.100. The van der Waals surface area contributed by atoms with Gasteiger partial charge in [-0.2, -0.15) is 13.2 Å². The molecular formula is C10H5ClF3IN2. The molecular weight excluding hydrogens is 367 g/mol. The largest absolute Gasteiger partial charge is 0.433 e. The van der Waals surface area contributed by atoms with Crippen LogP contribution in [0.4, 0.5) is 18.9 Å². The van der Waals surface area contributed by atoms with E-state index in [-0.39, 0.29) is 16.2 Å². The van der Waals surface area contributed by atoms with Gasteiger partial charge in [-0.3, -0.25) is 0 Å². The summed E-state index contributed by atoms with van der Waals surface area (Å²) in [5.41, 5.74) is 4.64. The molecule has 0 aliphatic heterocycles. The Kier molecular flexibility index (Phi) is 3.11. The van der Waals surface area contributed by atoms with Crippen LogP contribution in [0, 0.1) is 3.57 Å². The van der Waals surface area contributed by atoms with Gasteiger partial charge in [0.2, 0.25) is 0 Å². The van der Waals surface area contributed by atoms with Crippen molar-refractivity contribution in [3.8, 4) is 0 Å². The predicted molar refractivity (Wildman–Crippen MR) is 68.9 cm³/mol. The van der Waals surface area contributed by atoms with Crippen LogP contribution in [0.3, 0.4) is 0 Å². The Morgan fingerprint density at radius 2 is 1.88 bits per heavy atom. The number of fused-ring (bicyclic) bond motifs is 1. The Bertz CT molecular complexity index is 598. The van der Waals surface area contributed by atoms with E-state index in [9.17, 15) is 13.2 Å². The van der Waals surface area contributed by atoms with E-state index in [1.165, 1.54) is 6.07 Å². The van der Waals surface area contributed by atoms with E-state index in [2.05, 4.69) is 4.98 Å². The summed E-state index contributed by atoms with van der Waals surface area (Å²) >= 11 is 7.87. The Labute approximate surface area is 113 Å². The number of pyridine rings is 1. The predicted octanol–water partition coefficient (Wildman–Crippen LogP) is 4.09. The average Bonchev–Trinajstić information content (AvgIpc) is 2.17. The van der Waals surface area contributed by atoms with Gasteiger partial charge < -0.3 is 5.73 Å². The minimum absolute atomic E-state index is 0.0164.